The molecule has 0 saturated carbocycles. The number of aliphatic hydroxyl groups excluding tert-OH is 1. The molecule has 4 N–H and O–H groups in total. The first kappa shape index (κ1) is 9.90. The van der Waals surface area contributed by atoms with Crippen LogP contribution in [0.15, 0.2) is 0 Å². The first-order chi connectivity index (χ1) is 4.95. The molecule has 1 radical (unpaired) electrons. The van der Waals surface area contributed by atoms with E-state index in [1.807, 2.05) is 0 Å². The van der Waals surface area contributed by atoms with Crippen LogP contribution in [0.1, 0.15) is 13.8 Å². The van der Waals surface area contributed by atoms with Gasteiger partial charge in [0.05, 0.1) is 0 Å². The smallest absolute Gasteiger partial charge is 0.243 e. The number of primary amides is 1. The fourth-order valence-corrected chi connectivity index (χ4v) is 0.585. The van der Waals surface area contributed by atoms with Gasteiger partial charge in [-0.2, -0.15) is 0 Å². The minimum Gasteiger partial charge on any atom is -0.384 e. The third-order valence-corrected chi connectivity index (χ3v) is 1.05. The van der Waals surface area contributed by atoms with Crippen LogP contribution in [-0.4, -0.2) is 23.0 Å². The van der Waals surface area contributed by atoms with Crippen molar-refractivity contribution in [2.45, 2.75) is 19.9 Å². The molecule has 0 rings (SSSR count). The van der Waals surface area contributed by atoms with Crippen LogP contribution < -0.4 is 11.1 Å². The molecule has 0 aromatic heterocycles. The van der Waals surface area contributed by atoms with Crippen LogP contribution in [0.2, 0.25) is 0 Å². The van der Waals surface area contributed by atoms with Gasteiger partial charge >= 0.3 is 0 Å². The third kappa shape index (κ3) is 3.57. The number of rotatable bonds is 3. The fourth-order valence-electron chi connectivity index (χ4n) is 0.585. The highest BCUT2D eigenvalue weighted by atomic mass is 16.3. The first-order valence-corrected chi connectivity index (χ1v) is 3.04. The summed E-state index contributed by atoms with van der Waals surface area (Å²) >= 11 is 0. The zero-order chi connectivity index (χ0) is 9.02. The molecular weight excluding hydrogens is 148 g/mol. The van der Waals surface area contributed by atoms with E-state index in [1.54, 1.807) is 0 Å². The molecule has 11 heavy (non-hydrogen) atoms. The Kier molecular flexibility index (Phi) is 3.53. The molecule has 0 aromatic rings. The van der Waals surface area contributed by atoms with E-state index in [9.17, 15) is 9.59 Å². The quantitative estimate of drug-likeness (QED) is 0.488. The molecule has 0 aliphatic heterocycles. The van der Waals surface area contributed by atoms with E-state index in [4.69, 9.17) is 10.8 Å². The number of carbonyl (C=O) groups excluding carboxylic acids is 2. The second-order valence-corrected chi connectivity index (χ2v) is 2.18. The Hall–Kier alpha value is -1.10. The summed E-state index contributed by atoms with van der Waals surface area (Å²) in [5.41, 5.74) is 4.85. The molecule has 63 valence electrons. The van der Waals surface area contributed by atoms with Crippen molar-refractivity contribution in [3.05, 3.63) is 6.10 Å². The molecule has 0 heterocycles. The lowest BCUT2D eigenvalue weighted by Gasteiger charge is -2.15. The molecule has 5 heteroatoms. The summed E-state index contributed by atoms with van der Waals surface area (Å²) < 4.78 is 0. The second kappa shape index (κ2) is 3.92. The molecule has 0 saturated heterocycles. The van der Waals surface area contributed by atoms with Gasteiger partial charge in [-0.25, -0.2) is 0 Å². The lowest BCUT2D eigenvalue weighted by Crippen LogP contribution is -2.46. The number of carbonyl (C=O) groups is 2. The van der Waals surface area contributed by atoms with Gasteiger partial charge in [0.25, 0.3) is 0 Å². The zero-order valence-electron chi connectivity index (χ0n) is 6.42. The van der Waals surface area contributed by atoms with E-state index >= 15 is 0 Å². The Morgan fingerprint density at radius 2 is 1.91 bits per heavy atom. The van der Waals surface area contributed by atoms with Crippen molar-refractivity contribution in [1.29, 1.82) is 0 Å². The van der Waals surface area contributed by atoms with Crippen molar-refractivity contribution in [3.63, 3.8) is 0 Å². The number of hydrogen-bond acceptors (Lipinski definition) is 3. The van der Waals surface area contributed by atoms with Crippen molar-refractivity contribution in [1.82, 2.24) is 5.32 Å². The molecular formula is C6H11N2O3. The van der Waals surface area contributed by atoms with Gasteiger partial charge in [-0.1, -0.05) is 0 Å². The second-order valence-electron chi connectivity index (χ2n) is 2.18. The largest absolute Gasteiger partial charge is 0.384 e. The summed E-state index contributed by atoms with van der Waals surface area (Å²) in [6.45, 7) is 2.53. The minimum absolute atomic E-state index is 0.215. The molecule has 0 spiro atoms. The van der Waals surface area contributed by atoms with Gasteiger partial charge in [0.1, 0.15) is 12.1 Å². The lowest BCUT2D eigenvalue weighted by atomic mass is 10.2. The predicted octanol–water partition coefficient (Wildman–Crippen LogP) is -1.10. The van der Waals surface area contributed by atoms with Gasteiger partial charge in [-0.15, -0.1) is 0 Å². The van der Waals surface area contributed by atoms with Crippen molar-refractivity contribution in [2.75, 3.05) is 0 Å². The Bertz CT molecular complexity index is 167. The average Bonchev–Trinajstić information content (AvgIpc) is 1.81. The molecule has 0 fully saturated rings. The lowest BCUT2D eigenvalue weighted by molar-refractivity contribution is -0.126. The highest BCUT2D eigenvalue weighted by Crippen LogP contribution is 1.98. The summed E-state index contributed by atoms with van der Waals surface area (Å²) in [4.78, 5) is 20.9. The van der Waals surface area contributed by atoms with Crippen LogP contribution in [0.5, 0.6) is 0 Å². The van der Waals surface area contributed by atoms with Gasteiger partial charge in [0, 0.05) is 6.92 Å². The molecule has 0 aliphatic rings. The molecule has 2 amide bonds. The normalized spacial score (nSPS) is 12.7. The van der Waals surface area contributed by atoms with Gasteiger partial charge in [-0.05, 0) is 6.92 Å². The number of aliphatic hydroxyl groups is 1. The maximum absolute atomic E-state index is 10.5. The van der Waals surface area contributed by atoms with Crippen LogP contribution in [0.25, 0.3) is 0 Å². The molecule has 0 aliphatic carbocycles. The van der Waals surface area contributed by atoms with E-state index in [-0.39, 0.29) is 6.10 Å². The Balaban J connectivity index is 4.12. The van der Waals surface area contributed by atoms with Crippen LogP contribution in [0, 0.1) is 6.10 Å². The minimum atomic E-state index is -1.08. The van der Waals surface area contributed by atoms with Gasteiger partial charge in [0.2, 0.25) is 11.8 Å². The highest BCUT2D eigenvalue weighted by molar-refractivity contribution is 5.87. The topological polar surface area (TPSA) is 92.4 Å². The summed E-state index contributed by atoms with van der Waals surface area (Å²) in [6, 6.07) is -1.08. The van der Waals surface area contributed by atoms with Crippen molar-refractivity contribution < 1.29 is 14.7 Å². The van der Waals surface area contributed by atoms with E-state index < -0.39 is 17.9 Å². The van der Waals surface area contributed by atoms with E-state index in [1.165, 1.54) is 13.8 Å². The standard InChI is InChI=1S/C6H11N2O3/c1-3(9)5(6(7)11)8-4(2)10/h5,9H,1-2H3,(H2,7,11)(H,8,10). The molecule has 0 bridgehead atoms. The highest BCUT2D eigenvalue weighted by Gasteiger charge is 2.22. The number of nitrogens with two attached hydrogens (primary N) is 1. The van der Waals surface area contributed by atoms with Crippen LogP contribution in [0.3, 0.4) is 0 Å². The van der Waals surface area contributed by atoms with Crippen LogP contribution in [0.4, 0.5) is 0 Å². The monoisotopic (exact) mass is 159 g/mol. The molecule has 1 unspecified atom stereocenters. The predicted molar refractivity (Wildman–Crippen MR) is 37.7 cm³/mol. The maximum atomic E-state index is 10.5. The summed E-state index contributed by atoms with van der Waals surface area (Å²) in [5.74, 6) is -1.19. The van der Waals surface area contributed by atoms with E-state index in [0.29, 0.717) is 0 Å². The molecule has 1 atom stereocenters. The SMILES string of the molecule is C[C](O)C(NC(C)=O)C(N)=O. The maximum Gasteiger partial charge on any atom is 0.243 e. The molecule has 0 aromatic carbocycles. The zero-order valence-corrected chi connectivity index (χ0v) is 6.42. The van der Waals surface area contributed by atoms with Gasteiger partial charge in [-0.3, -0.25) is 9.59 Å². The van der Waals surface area contributed by atoms with Crippen LogP contribution in [-0.2, 0) is 9.59 Å². The fraction of sp³-hybridized carbons (Fsp3) is 0.500. The Morgan fingerprint density at radius 1 is 1.45 bits per heavy atom. The van der Waals surface area contributed by atoms with E-state index in [2.05, 4.69) is 5.32 Å². The van der Waals surface area contributed by atoms with E-state index in [0.717, 1.165) is 0 Å². The number of amides is 2. The first-order valence-electron chi connectivity index (χ1n) is 3.04. The number of hydrogen-bond donors (Lipinski definition) is 3. The van der Waals surface area contributed by atoms with Crippen molar-refractivity contribution >= 4 is 11.8 Å². The molecule has 5 nitrogen and oxygen atoms in total. The van der Waals surface area contributed by atoms with Crippen molar-refractivity contribution in [2.24, 2.45) is 5.73 Å². The summed E-state index contributed by atoms with van der Waals surface area (Å²) in [6.07, 6.45) is -0.215. The Labute approximate surface area is 64.6 Å². The van der Waals surface area contributed by atoms with Crippen LogP contribution >= 0.6 is 0 Å². The Morgan fingerprint density at radius 3 is 2.00 bits per heavy atom. The van der Waals surface area contributed by atoms with Gasteiger partial charge in [0.15, 0.2) is 0 Å². The van der Waals surface area contributed by atoms with Gasteiger partial charge < -0.3 is 16.2 Å². The summed E-state index contributed by atoms with van der Waals surface area (Å²) in [5, 5.41) is 11.0. The third-order valence-electron chi connectivity index (χ3n) is 1.05. The summed E-state index contributed by atoms with van der Waals surface area (Å²) in [7, 11) is 0. The number of nitrogens with one attached hydrogen (secondary N) is 1. The average molecular weight is 159 g/mol. The van der Waals surface area contributed by atoms with Crippen molar-refractivity contribution in [3.8, 4) is 0 Å².